The fraction of sp³-hybridized carbons (Fsp3) is 0.846. The standard InChI is InChI=1S/C13H25N5/c1-3-7-18-13(15-11-16-18)10-14-9-12-6-4-5-8-17(12)2/h11-12,14H,3-10H2,1-2H3. The van der Waals surface area contributed by atoms with Gasteiger partial charge in [0.2, 0.25) is 0 Å². The lowest BCUT2D eigenvalue weighted by molar-refractivity contribution is 0.181. The first-order valence-corrected chi connectivity index (χ1v) is 7.09. The largest absolute Gasteiger partial charge is 0.308 e. The van der Waals surface area contributed by atoms with Crippen molar-refractivity contribution in [1.29, 1.82) is 0 Å². The molecule has 2 rings (SSSR count). The van der Waals surface area contributed by atoms with E-state index in [0.29, 0.717) is 6.04 Å². The van der Waals surface area contributed by atoms with Crippen LogP contribution in [0.25, 0.3) is 0 Å². The summed E-state index contributed by atoms with van der Waals surface area (Å²) < 4.78 is 2.00. The van der Waals surface area contributed by atoms with E-state index in [1.54, 1.807) is 6.33 Å². The Labute approximate surface area is 110 Å². The number of likely N-dealkylation sites (N-methyl/N-ethyl adjacent to an activating group) is 1. The second-order valence-corrected chi connectivity index (χ2v) is 5.16. The van der Waals surface area contributed by atoms with Gasteiger partial charge >= 0.3 is 0 Å². The zero-order chi connectivity index (χ0) is 12.8. The lowest BCUT2D eigenvalue weighted by atomic mass is 10.0. The van der Waals surface area contributed by atoms with E-state index in [-0.39, 0.29) is 0 Å². The van der Waals surface area contributed by atoms with Crippen molar-refractivity contribution in [2.45, 2.75) is 51.7 Å². The van der Waals surface area contributed by atoms with E-state index < -0.39 is 0 Å². The van der Waals surface area contributed by atoms with Gasteiger partial charge < -0.3 is 10.2 Å². The molecule has 1 saturated heterocycles. The van der Waals surface area contributed by atoms with E-state index >= 15 is 0 Å². The van der Waals surface area contributed by atoms with Crippen LogP contribution in [0.5, 0.6) is 0 Å². The first-order valence-electron chi connectivity index (χ1n) is 7.09. The van der Waals surface area contributed by atoms with Crippen LogP contribution < -0.4 is 5.32 Å². The number of hydrogen-bond donors (Lipinski definition) is 1. The van der Waals surface area contributed by atoms with Crippen molar-refractivity contribution >= 4 is 0 Å². The fourth-order valence-electron chi connectivity index (χ4n) is 2.58. The fourth-order valence-corrected chi connectivity index (χ4v) is 2.58. The molecule has 5 heteroatoms. The van der Waals surface area contributed by atoms with Crippen LogP contribution in [0.3, 0.4) is 0 Å². The van der Waals surface area contributed by atoms with Crippen LogP contribution in [0.2, 0.25) is 0 Å². The van der Waals surface area contributed by atoms with E-state index in [0.717, 1.165) is 31.9 Å². The third kappa shape index (κ3) is 3.53. The molecule has 102 valence electrons. The Balaban J connectivity index is 1.75. The van der Waals surface area contributed by atoms with Crippen molar-refractivity contribution in [3.8, 4) is 0 Å². The first kappa shape index (κ1) is 13.5. The Morgan fingerprint density at radius 3 is 3.11 bits per heavy atom. The Kier molecular flexibility index (Phi) is 5.13. The highest BCUT2D eigenvalue weighted by atomic mass is 15.3. The van der Waals surface area contributed by atoms with Crippen LogP contribution in [-0.4, -0.2) is 45.8 Å². The van der Waals surface area contributed by atoms with Gasteiger partial charge in [-0.15, -0.1) is 0 Å². The molecule has 0 amide bonds. The van der Waals surface area contributed by atoms with Crippen LogP contribution in [-0.2, 0) is 13.1 Å². The minimum atomic E-state index is 0.682. The molecule has 0 aliphatic carbocycles. The highest BCUT2D eigenvalue weighted by molar-refractivity contribution is 4.85. The summed E-state index contributed by atoms with van der Waals surface area (Å²) in [7, 11) is 2.23. The van der Waals surface area contributed by atoms with Crippen LogP contribution in [0, 0.1) is 0 Å². The molecule has 18 heavy (non-hydrogen) atoms. The number of hydrogen-bond acceptors (Lipinski definition) is 4. The lowest BCUT2D eigenvalue weighted by Crippen LogP contribution is -2.43. The molecule has 1 fully saturated rings. The van der Waals surface area contributed by atoms with Gasteiger partial charge in [0.1, 0.15) is 12.2 Å². The molecule has 1 unspecified atom stereocenters. The molecule has 0 saturated carbocycles. The number of rotatable bonds is 6. The van der Waals surface area contributed by atoms with Gasteiger partial charge in [0.15, 0.2) is 0 Å². The van der Waals surface area contributed by atoms with Crippen LogP contribution in [0.15, 0.2) is 6.33 Å². The molecule has 0 spiro atoms. The summed E-state index contributed by atoms with van der Waals surface area (Å²) in [5, 5.41) is 7.76. The molecular formula is C13H25N5. The SMILES string of the molecule is CCCn1ncnc1CNCC1CCCCN1C. The maximum Gasteiger partial charge on any atom is 0.140 e. The monoisotopic (exact) mass is 251 g/mol. The molecule has 1 atom stereocenters. The number of piperidine rings is 1. The second-order valence-electron chi connectivity index (χ2n) is 5.16. The smallest absolute Gasteiger partial charge is 0.140 e. The Bertz CT molecular complexity index is 349. The molecule has 1 aromatic heterocycles. The number of likely N-dealkylation sites (tertiary alicyclic amines) is 1. The average molecular weight is 251 g/mol. The van der Waals surface area contributed by atoms with Gasteiger partial charge in [-0.25, -0.2) is 9.67 Å². The maximum absolute atomic E-state index is 4.31. The topological polar surface area (TPSA) is 46.0 Å². The normalized spacial score (nSPS) is 21.3. The number of nitrogens with zero attached hydrogens (tertiary/aromatic N) is 4. The molecule has 0 aromatic carbocycles. The summed E-state index contributed by atoms with van der Waals surface area (Å²) in [4.78, 5) is 6.78. The van der Waals surface area contributed by atoms with Crippen molar-refractivity contribution in [2.24, 2.45) is 0 Å². The van der Waals surface area contributed by atoms with Crippen LogP contribution >= 0.6 is 0 Å². The first-order chi connectivity index (χ1) is 8.81. The highest BCUT2D eigenvalue weighted by Crippen LogP contribution is 2.14. The summed E-state index contributed by atoms with van der Waals surface area (Å²) in [6.45, 7) is 6.23. The third-order valence-electron chi connectivity index (χ3n) is 3.72. The van der Waals surface area contributed by atoms with Gasteiger partial charge in [-0.1, -0.05) is 13.3 Å². The van der Waals surface area contributed by atoms with Gasteiger partial charge in [-0.05, 0) is 32.9 Å². The second kappa shape index (κ2) is 6.85. The summed E-state index contributed by atoms with van der Waals surface area (Å²) >= 11 is 0. The van der Waals surface area contributed by atoms with Gasteiger partial charge in [0, 0.05) is 19.1 Å². The van der Waals surface area contributed by atoms with Crippen molar-refractivity contribution in [3.05, 3.63) is 12.2 Å². The van der Waals surface area contributed by atoms with Crippen molar-refractivity contribution < 1.29 is 0 Å². The number of nitrogens with one attached hydrogen (secondary N) is 1. The number of aryl methyl sites for hydroxylation is 1. The van der Waals surface area contributed by atoms with Crippen molar-refractivity contribution in [2.75, 3.05) is 20.1 Å². The molecule has 5 nitrogen and oxygen atoms in total. The average Bonchev–Trinajstić information content (AvgIpc) is 2.80. The van der Waals surface area contributed by atoms with Gasteiger partial charge in [-0.2, -0.15) is 5.10 Å². The maximum atomic E-state index is 4.31. The minimum absolute atomic E-state index is 0.682. The predicted molar refractivity (Wildman–Crippen MR) is 72.3 cm³/mol. The van der Waals surface area contributed by atoms with E-state index in [9.17, 15) is 0 Å². The minimum Gasteiger partial charge on any atom is -0.308 e. The molecule has 1 aliphatic rings. The summed E-state index contributed by atoms with van der Waals surface area (Å²) in [5.74, 6) is 1.05. The van der Waals surface area contributed by atoms with Crippen LogP contribution in [0.1, 0.15) is 38.4 Å². The Hall–Kier alpha value is -0.940. The third-order valence-corrected chi connectivity index (χ3v) is 3.72. The van der Waals surface area contributed by atoms with Crippen LogP contribution in [0.4, 0.5) is 0 Å². The van der Waals surface area contributed by atoms with Gasteiger partial charge in [0.25, 0.3) is 0 Å². The summed E-state index contributed by atoms with van der Waals surface area (Å²) in [6.07, 6.45) is 6.77. The molecule has 2 heterocycles. The summed E-state index contributed by atoms with van der Waals surface area (Å²) in [6, 6.07) is 0.682. The lowest BCUT2D eigenvalue weighted by Gasteiger charge is -2.32. The highest BCUT2D eigenvalue weighted by Gasteiger charge is 2.18. The van der Waals surface area contributed by atoms with Gasteiger partial charge in [-0.3, -0.25) is 0 Å². The zero-order valence-electron chi connectivity index (χ0n) is 11.6. The molecule has 1 aliphatic heterocycles. The molecule has 0 radical (unpaired) electrons. The molecular weight excluding hydrogens is 226 g/mol. The van der Waals surface area contributed by atoms with Gasteiger partial charge in [0.05, 0.1) is 6.54 Å². The zero-order valence-corrected chi connectivity index (χ0v) is 11.6. The van der Waals surface area contributed by atoms with Crippen molar-refractivity contribution in [1.82, 2.24) is 25.0 Å². The van der Waals surface area contributed by atoms with E-state index in [1.807, 2.05) is 4.68 Å². The Morgan fingerprint density at radius 2 is 2.33 bits per heavy atom. The number of aromatic nitrogens is 3. The molecule has 0 bridgehead atoms. The van der Waals surface area contributed by atoms with Crippen molar-refractivity contribution in [3.63, 3.8) is 0 Å². The van der Waals surface area contributed by atoms with E-state index in [4.69, 9.17) is 0 Å². The van der Waals surface area contributed by atoms with E-state index in [1.165, 1.54) is 25.8 Å². The molecule has 1 aromatic rings. The van der Waals surface area contributed by atoms with E-state index in [2.05, 4.69) is 34.3 Å². The predicted octanol–water partition coefficient (Wildman–Crippen LogP) is 1.26. The summed E-state index contributed by atoms with van der Waals surface area (Å²) in [5.41, 5.74) is 0. The molecule has 1 N–H and O–H groups in total. The quantitative estimate of drug-likeness (QED) is 0.827. The Morgan fingerprint density at radius 1 is 1.44 bits per heavy atom.